The van der Waals surface area contributed by atoms with Gasteiger partial charge in [-0.1, -0.05) is 23.7 Å². The molecule has 0 fully saturated rings. The summed E-state index contributed by atoms with van der Waals surface area (Å²) in [7, 11) is 0. The van der Waals surface area contributed by atoms with Gasteiger partial charge < -0.3 is 10.1 Å². The summed E-state index contributed by atoms with van der Waals surface area (Å²) in [6, 6.07) is 9.37. The van der Waals surface area contributed by atoms with Gasteiger partial charge >= 0.3 is 5.97 Å². The molecular weight excluding hydrogens is 388 g/mol. The van der Waals surface area contributed by atoms with Gasteiger partial charge in [0.25, 0.3) is 17.0 Å². The zero-order valence-corrected chi connectivity index (χ0v) is 15.4. The second-order valence-electron chi connectivity index (χ2n) is 5.84. The molecule has 1 atom stereocenters. The van der Waals surface area contributed by atoms with Gasteiger partial charge in [-0.05, 0) is 31.2 Å². The summed E-state index contributed by atoms with van der Waals surface area (Å²) in [4.78, 5) is 52.5. The summed E-state index contributed by atoms with van der Waals surface area (Å²) < 4.78 is 5.88. The fourth-order valence-corrected chi connectivity index (χ4v) is 2.66. The normalized spacial score (nSPS) is 11.8. The van der Waals surface area contributed by atoms with Crippen LogP contribution in [0, 0.1) is 0 Å². The van der Waals surface area contributed by atoms with E-state index in [1.165, 1.54) is 25.3 Å². The van der Waals surface area contributed by atoms with Crippen molar-refractivity contribution in [1.29, 1.82) is 0 Å². The summed E-state index contributed by atoms with van der Waals surface area (Å²) in [5.41, 5.74) is -0.793. The van der Waals surface area contributed by atoms with Gasteiger partial charge in [0.15, 0.2) is 11.3 Å². The number of ether oxygens (including phenoxy) is 1. The van der Waals surface area contributed by atoms with E-state index in [4.69, 9.17) is 16.3 Å². The number of rotatable bonds is 5. The Morgan fingerprint density at radius 1 is 1.21 bits per heavy atom. The van der Waals surface area contributed by atoms with E-state index in [-0.39, 0.29) is 21.6 Å². The van der Waals surface area contributed by atoms with E-state index in [9.17, 15) is 19.2 Å². The molecule has 0 aliphatic carbocycles. The van der Waals surface area contributed by atoms with E-state index < -0.39 is 35.6 Å². The van der Waals surface area contributed by atoms with Crippen LogP contribution in [-0.4, -0.2) is 32.7 Å². The predicted molar refractivity (Wildman–Crippen MR) is 102 cm³/mol. The summed E-state index contributed by atoms with van der Waals surface area (Å²) >= 11 is 5.86. The molecule has 0 aliphatic heterocycles. The summed E-state index contributed by atoms with van der Waals surface area (Å²) in [5.74, 6) is -1.49. The summed E-state index contributed by atoms with van der Waals surface area (Å²) in [5, 5.41) is 5.30. The molecule has 3 aromatic rings. The number of fused-ring (bicyclic) bond motifs is 1. The second kappa shape index (κ2) is 8.05. The molecule has 144 valence electrons. The van der Waals surface area contributed by atoms with E-state index in [1.54, 1.807) is 24.3 Å². The van der Waals surface area contributed by atoms with Crippen molar-refractivity contribution in [3.05, 3.63) is 68.5 Å². The first-order chi connectivity index (χ1) is 13.4. The maximum atomic E-state index is 12.4. The third-order valence-corrected chi connectivity index (χ3v) is 4.17. The minimum atomic E-state index is -1.16. The van der Waals surface area contributed by atoms with Gasteiger partial charge in [-0.3, -0.25) is 24.3 Å². The minimum absolute atomic E-state index is 0.0923. The maximum absolute atomic E-state index is 12.4. The Kier molecular flexibility index (Phi) is 5.55. The van der Waals surface area contributed by atoms with Crippen LogP contribution in [0.25, 0.3) is 10.8 Å². The van der Waals surface area contributed by atoms with Crippen LogP contribution < -0.4 is 16.4 Å². The number of nitrogens with zero attached hydrogens (tertiary/aromatic N) is 2. The van der Waals surface area contributed by atoms with Gasteiger partial charge in [0, 0.05) is 6.20 Å². The number of pyridine rings is 1. The summed E-state index contributed by atoms with van der Waals surface area (Å²) in [6.45, 7) is 0.813. The lowest BCUT2D eigenvalue weighted by molar-refractivity contribution is -0.154. The molecule has 28 heavy (non-hydrogen) atoms. The molecule has 0 saturated carbocycles. The number of carbonyl (C=O) groups excluding carboxylic acids is 2. The second-order valence-corrected chi connectivity index (χ2v) is 6.20. The van der Waals surface area contributed by atoms with Crippen molar-refractivity contribution in [2.75, 3.05) is 5.32 Å². The lowest BCUT2D eigenvalue weighted by atomic mass is 10.2. The van der Waals surface area contributed by atoms with Crippen LogP contribution >= 0.6 is 11.6 Å². The third-order valence-electron chi connectivity index (χ3n) is 3.87. The number of nitrogens with one attached hydrogen (secondary N) is 2. The topological polar surface area (TPSA) is 123 Å². The van der Waals surface area contributed by atoms with Crippen molar-refractivity contribution in [2.45, 2.75) is 19.6 Å². The van der Waals surface area contributed by atoms with Crippen molar-refractivity contribution in [1.82, 2.24) is 14.8 Å². The highest BCUT2D eigenvalue weighted by Gasteiger charge is 2.20. The molecule has 0 bridgehead atoms. The summed E-state index contributed by atoms with van der Waals surface area (Å²) in [6.07, 6.45) is 0.301. The highest BCUT2D eigenvalue weighted by molar-refractivity contribution is 6.32. The van der Waals surface area contributed by atoms with Gasteiger partial charge in [-0.25, -0.2) is 9.67 Å². The molecule has 3 rings (SSSR count). The Bertz CT molecular complexity index is 1170. The Hall–Kier alpha value is -3.46. The molecule has 1 aromatic carbocycles. The number of amides is 1. The van der Waals surface area contributed by atoms with Gasteiger partial charge in [0.2, 0.25) is 0 Å². The first-order valence-corrected chi connectivity index (χ1v) is 8.57. The molecule has 10 heteroatoms. The van der Waals surface area contributed by atoms with Crippen LogP contribution in [0.15, 0.2) is 52.2 Å². The zero-order valence-electron chi connectivity index (χ0n) is 14.6. The molecule has 1 amide bonds. The van der Waals surface area contributed by atoms with E-state index in [0.29, 0.717) is 0 Å². The molecular formula is C18H15ClN4O5. The van der Waals surface area contributed by atoms with E-state index in [2.05, 4.69) is 15.4 Å². The van der Waals surface area contributed by atoms with Crippen molar-refractivity contribution in [3.63, 3.8) is 0 Å². The number of aromatic amines is 1. The number of hydrogen-bond donors (Lipinski definition) is 2. The first-order valence-electron chi connectivity index (χ1n) is 8.19. The Labute approximate surface area is 162 Å². The maximum Gasteiger partial charge on any atom is 0.328 e. The monoisotopic (exact) mass is 402 g/mol. The van der Waals surface area contributed by atoms with Gasteiger partial charge in [0.05, 0.1) is 16.5 Å². The molecule has 2 N–H and O–H groups in total. The number of halogens is 1. The Balaban J connectivity index is 1.70. The Morgan fingerprint density at radius 2 is 1.93 bits per heavy atom. The predicted octanol–water partition coefficient (Wildman–Crippen LogP) is 1.31. The minimum Gasteiger partial charge on any atom is -0.451 e. The largest absolute Gasteiger partial charge is 0.451 e. The van der Waals surface area contributed by atoms with Crippen LogP contribution in [0.2, 0.25) is 5.15 Å². The number of esters is 1. The fraction of sp³-hybridized carbons (Fsp3) is 0.167. The van der Waals surface area contributed by atoms with Crippen LogP contribution in [0.4, 0.5) is 5.69 Å². The van der Waals surface area contributed by atoms with E-state index in [0.717, 1.165) is 4.68 Å². The van der Waals surface area contributed by atoms with Gasteiger partial charge in [-0.2, -0.15) is 0 Å². The van der Waals surface area contributed by atoms with Crippen LogP contribution in [0.3, 0.4) is 0 Å². The number of anilines is 1. The molecule has 0 aliphatic rings. The zero-order chi connectivity index (χ0) is 20.3. The van der Waals surface area contributed by atoms with Crippen molar-refractivity contribution in [2.24, 2.45) is 0 Å². The number of hydrogen-bond acceptors (Lipinski definition) is 6. The number of H-pyrrole nitrogens is 1. The number of aromatic nitrogens is 3. The Morgan fingerprint density at radius 3 is 2.64 bits per heavy atom. The molecule has 0 radical (unpaired) electrons. The number of carbonyl (C=O) groups is 2. The average Bonchev–Trinajstić information content (AvgIpc) is 2.67. The van der Waals surface area contributed by atoms with Gasteiger partial charge in [-0.15, -0.1) is 0 Å². The van der Waals surface area contributed by atoms with Crippen molar-refractivity contribution >= 4 is 39.9 Å². The molecule has 2 heterocycles. The first kappa shape index (κ1) is 19.3. The smallest absolute Gasteiger partial charge is 0.328 e. The van der Waals surface area contributed by atoms with Gasteiger partial charge in [0.1, 0.15) is 6.54 Å². The van der Waals surface area contributed by atoms with Crippen LogP contribution in [-0.2, 0) is 20.9 Å². The lowest BCUT2D eigenvalue weighted by Gasteiger charge is -2.14. The highest BCUT2D eigenvalue weighted by Crippen LogP contribution is 2.17. The van der Waals surface area contributed by atoms with E-state index >= 15 is 0 Å². The molecule has 9 nitrogen and oxygen atoms in total. The van der Waals surface area contributed by atoms with Crippen molar-refractivity contribution < 1.29 is 14.3 Å². The van der Waals surface area contributed by atoms with E-state index in [1.807, 2.05) is 0 Å². The van der Waals surface area contributed by atoms with Crippen LogP contribution in [0.5, 0.6) is 0 Å². The fourth-order valence-electron chi connectivity index (χ4n) is 2.49. The SMILES string of the molecule is CC(OC(=O)Cn1[nH]c(=O)c2ccccc2c1=O)C(=O)Nc1cccnc1Cl. The van der Waals surface area contributed by atoms with Crippen molar-refractivity contribution in [3.8, 4) is 0 Å². The number of benzene rings is 1. The van der Waals surface area contributed by atoms with Crippen LogP contribution in [0.1, 0.15) is 6.92 Å². The standard InChI is InChI=1S/C18H15ClN4O5/c1-10(16(25)21-13-7-4-8-20-15(13)19)28-14(24)9-23-18(27)12-6-3-2-5-11(12)17(26)22-23/h2-8,10H,9H2,1H3,(H,21,25)(H,22,26). The third kappa shape index (κ3) is 4.09. The molecule has 0 spiro atoms. The molecule has 0 saturated heterocycles. The molecule has 2 aromatic heterocycles. The lowest BCUT2D eigenvalue weighted by Crippen LogP contribution is -2.36. The quantitative estimate of drug-likeness (QED) is 0.490. The molecule has 1 unspecified atom stereocenters. The average molecular weight is 403 g/mol. The highest BCUT2D eigenvalue weighted by atomic mass is 35.5.